The standard InChI is InChI=1S/C11H20N2O/c1-9-6-7-13(12-9)10(2,3)8-11(4,5)14/h6-7,14H,8H2,1-5H3. The maximum atomic E-state index is 9.78. The third-order valence-corrected chi connectivity index (χ3v) is 2.21. The Morgan fingerprint density at radius 2 is 1.93 bits per heavy atom. The van der Waals surface area contributed by atoms with Crippen molar-refractivity contribution in [3.63, 3.8) is 0 Å². The van der Waals surface area contributed by atoms with E-state index in [-0.39, 0.29) is 5.54 Å². The summed E-state index contributed by atoms with van der Waals surface area (Å²) < 4.78 is 1.92. The van der Waals surface area contributed by atoms with E-state index < -0.39 is 5.60 Å². The fourth-order valence-corrected chi connectivity index (χ4v) is 1.89. The van der Waals surface area contributed by atoms with Crippen LogP contribution in [0.15, 0.2) is 12.3 Å². The van der Waals surface area contributed by atoms with Crippen molar-refractivity contribution in [2.75, 3.05) is 0 Å². The van der Waals surface area contributed by atoms with Crippen LogP contribution < -0.4 is 0 Å². The van der Waals surface area contributed by atoms with E-state index in [0.717, 1.165) is 5.69 Å². The quantitative estimate of drug-likeness (QED) is 0.803. The maximum Gasteiger partial charge on any atom is 0.0614 e. The average Bonchev–Trinajstić information content (AvgIpc) is 2.29. The van der Waals surface area contributed by atoms with Gasteiger partial charge in [-0.05, 0) is 40.7 Å². The summed E-state index contributed by atoms with van der Waals surface area (Å²) in [5.41, 5.74) is 0.199. The molecule has 0 radical (unpaired) electrons. The summed E-state index contributed by atoms with van der Waals surface area (Å²) >= 11 is 0. The van der Waals surface area contributed by atoms with Crippen molar-refractivity contribution in [3.05, 3.63) is 18.0 Å². The van der Waals surface area contributed by atoms with Gasteiger partial charge in [-0.15, -0.1) is 0 Å². The molecule has 0 aliphatic carbocycles. The van der Waals surface area contributed by atoms with Gasteiger partial charge in [-0.25, -0.2) is 0 Å². The van der Waals surface area contributed by atoms with Crippen molar-refractivity contribution in [2.24, 2.45) is 0 Å². The van der Waals surface area contributed by atoms with Crippen molar-refractivity contribution in [3.8, 4) is 0 Å². The molecular formula is C11H20N2O. The SMILES string of the molecule is Cc1ccn(C(C)(C)CC(C)(C)O)n1. The van der Waals surface area contributed by atoms with E-state index in [1.807, 2.05) is 37.7 Å². The zero-order chi connectivity index (χ0) is 11.0. The monoisotopic (exact) mass is 196 g/mol. The van der Waals surface area contributed by atoms with Crippen molar-refractivity contribution in [2.45, 2.75) is 52.2 Å². The Bertz CT molecular complexity index is 307. The third kappa shape index (κ3) is 2.84. The summed E-state index contributed by atoms with van der Waals surface area (Å²) in [6.45, 7) is 9.78. The van der Waals surface area contributed by atoms with E-state index in [2.05, 4.69) is 18.9 Å². The highest BCUT2D eigenvalue weighted by Gasteiger charge is 2.28. The molecule has 0 aliphatic rings. The van der Waals surface area contributed by atoms with Gasteiger partial charge in [-0.3, -0.25) is 4.68 Å². The van der Waals surface area contributed by atoms with Crippen LogP contribution in [0.3, 0.4) is 0 Å². The van der Waals surface area contributed by atoms with Crippen LogP contribution in [0.25, 0.3) is 0 Å². The lowest BCUT2D eigenvalue weighted by Crippen LogP contribution is -2.36. The fourth-order valence-electron chi connectivity index (χ4n) is 1.89. The lowest BCUT2D eigenvalue weighted by Gasteiger charge is -2.31. The molecule has 3 heteroatoms. The topological polar surface area (TPSA) is 38.0 Å². The van der Waals surface area contributed by atoms with Crippen LogP contribution in [-0.2, 0) is 5.54 Å². The molecule has 0 bridgehead atoms. The van der Waals surface area contributed by atoms with E-state index in [0.29, 0.717) is 6.42 Å². The van der Waals surface area contributed by atoms with E-state index >= 15 is 0 Å². The summed E-state index contributed by atoms with van der Waals surface area (Å²) in [6.07, 6.45) is 2.64. The molecule has 1 aromatic rings. The molecule has 0 saturated heterocycles. The fraction of sp³-hybridized carbons (Fsp3) is 0.727. The lowest BCUT2D eigenvalue weighted by atomic mass is 9.90. The van der Waals surface area contributed by atoms with Crippen molar-refractivity contribution < 1.29 is 5.11 Å². The van der Waals surface area contributed by atoms with Crippen LogP contribution >= 0.6 is 0 Å². The summed E-state index contributed by atoms with van der Waals surface area (Å²) in [5, 5.41) is 14.2. The molecule has 0 atom stereocenters. The van der Waals surface area contributed by atoms with Gasteiger partial charge in [0.1, 0.15) is 0 Å². The second-order valence-corrected chi connectivity index (χ2v) is 5.20. The Labute approximate surface area is 85.8 Å². The Kier molecular flexibility index (Phi) is 2.72. The van der Waals surface area contributed by atoms with Gasteiger partial charge in [0, 0.05) is 12.6 Å². The van der Waals surface area contributed by atoms with Gasteiger partial charge in [0.25, 0.3) is 0 Å². The molecule has 3 nitrogen and oxygen atoms in total. The van der Waals surface area contributed by atoms with Gasteiger partial charge in [0.05, 0.1) is 16.8 Å². The molecule has 0 unspecified atom stereocenters. The molecule has 0 fully saturated rings. The van der Waals surface area contributed by atoms with Gasteiger partial charge in [0.2, 0.25) is 0 Å². The Morgan fingerprint density at radius 3 is 2.29 bits per heavy atom. The van der Waals surface area contributed by atoms with Gasteiger partial charge in [-0.1, -0.05) is 0 Å². The first-order chi connectivity index (χ1) is 6.21. The predicted octanol–water partition coefficient (Wildman–Crippen LogP) is 2.09. The normalized spacial score (nSPS) is 13.3. The van der Waals surface area contributed by atoms with Crippen molar-refractivity contribution in [1.82, 2.24) is 9.78 Å². The molecular weight excluding hydrogens is 176 g/mol. The number of aromatic nitrogens is 2. The second-order valence-electron chi connectivity index (χ2n) is 5.20. The molecule has 0 amide bonds. The maximum absolute atomic E-state index is 9.78. The minimum atomic E-state index is -0.663. The summed E-state index contributed by atoms with van der Waals surface area (Å²) in [4.78, 5) is 0. The van der Waals surface area contributed by atoms with E-state index in [1.165, 1.54) is 0 Å². The van der Waals surface area contributed by atoms with E-state index in [9.17, 15) is 5.11 Å². The van der Waals surface area contributed by atoms with Crippen molar-refractivity contribution >= 4 is 0 Å². The summed E-state index contributed by atoms with van der Waals surface area (Å²) in [7, 11) is 0. The second kappa shape index (κ2) is 3.39. The van der Waals surface area contributed by atoms with Crippen LogP contribution in [0.5, 0.6) is 0 Å². The minimum Gasteiger partial charge on any atom is -0.390 e. The smallest absolute Gasteiger partial charge is 0.0614 e. The molecule has 0 spiro atoms. The number of aliphatic hydroxyl groups is 1. The van der Waals surface area contributed by atoms with Crippen LogP contribution in [-0.4, -0.2) is 20.5 Å². The first-order valence-electron chi connectivity index (χ1n) is 4.96. The first kappa shape index (κ1) is 11.2. The molecule has 1 aromatic heterocycles. The summed E-state index contributed by atoms with van der Waals surface area (Å²) in [6, 6.07) is 1.98. The highest BCUT2D eigenvalue weighted by Crippen LogP contribution is 2.26. The number of nitrogens with zero attached hydrogens (tertiary/aromatic N) is 2. The molecule has 0 aromatic carbocycles. The lowest BCUT2D eigenvalue weighted by molar-refractivity contribution is 0.0317. The Morgan fingerprint density at radius 1 is 1.36 bits per heavy atom. The minimum absolute atomic E-state index is 0.146. The molecule has 1 heterocycles. The average molecular weight is 196 g/mol. The van der Waals surface area contributed by atoms with Gasteiger partial charge in [-0.2, -0.15) is 5.10 Å². The number of aryl methyl sites for hydroxylation is 1. The van der Waals surface area contributed by atoms with Crippen LogP contribution in [0.2, 0.25) is 0 Å². The highest BCUT2D eigenvalue weighted by atomic mass is 16.3. The molecule has 1 N–H and O–H groups in total. The predicted molar refractivity (Wildman–Crippen MR) is 57.2 cm³/mol. The Balaban J connectivity index is 2.85. The van der Waals surface area contributed by atoms with Crippen LogP contribution in [0, 0.1) is 6.92 Å². The molecule has 80 valence electrons. The summed E-state index contributed by atoms with van der Waals surface area (Å²) in [5.74, 6) is 0. The van der Waals surface area contributed by atoms with E-state index in [1.54, 1.807) is 0 Å². The molecule has 1 rings (SSSR count). The third-order valence-electron chi connectivity index (χ3n) is 2.21. The van der Waals surface area contributed by atoms with Crippen molar-refractivity contribution in [1.29, 1.82) is 0 Å². The number of hydrogen-bond acceptors (Lipinski definition) is 2. The highest BCUT2D eigenvalue weighted by molar-refractivity contribution is 4.98. The zero-order valence-corrected chi connectivity index (χ0v) is 9.70. The first-order valence-corrected chi connectivity index (χ1v) is 4.96. The largest absolute Gasteiger partial charge is 0.390 e. The zero-order valence-electron chi connectivity index (χ0n) is 9.70. The number of rotatable bonds is 3. The van der Waals surface area contributed by atoms with Crippen LogP contribution in [0.1, 0.15) is 39.8 Å². The Hall–Kier alpha value is -0.830. The van der Waals surface area contributed by atoms with Gasteiger partial charge < -0.3 is 5.11 Å². The van der Waals surface area contributed by atoms with Gasteiger partial charge >= 0.3 is 0 Å². The van der Waals surface area contributed by atoms with Gasteiger partial charge in [0.15, 0.2) is 0 Å². The molecule has 14 heavy (non-hydrogen) atoms. The van der Waals surface area contributed by atoms with Crippen LogP contribution in [0.4, 0.5) is 0 Å². The number of hydrogen-bond donors (Lipinski definition) is 1. The molecule has 0 saturated carbocycles. The molecule has 0 aliphatic heterocycles. The van der Waals surface area contributed by atoms with E-state index in [4.69, 9.17) is 0 Å².